The average Bonchev–Trinajstić information content (AvgIpc) is 2.32. The van der Waals surface area contributed by atoms with Gasteiger partial charge in [0, 0.05) is 0 Å². The van der Waals surface area contributed by atoms with Gasteiger partial charge in [-0.25, -0.2) is 9.78 Å². The van der Waals surface area contributed by atoms with Gasteiger partial charge in [-0.3, -0.25) is 0 Å². The second-order valence-corrected chi connectivity index (χ2v) is 5.21. The molecule has 0 heterocycles. The predicted molar refractivity (Wildman–Crippen MR) is 60.5 cm³/mol. The standard InChI is InChI=1S/C13H24O2/c1-14-15-13(10-6-3-7-11-13)12-8-4-2-5-9-12/h12H,2-11H2,1H3. The smallest absolute Gasteiger partial charge is 0.106 e. The molecule has 2 fully saturated rings. The van der Waals surface area contributed by atoms with Gasteiger partial charge in [-0.1, -0.05) is 38.5 Å². The normalized spacial score (nSPS) is 27.8. The summed E-state index contributed by atoms with van der Waals surface area (Å²) in [6.07, 6.45) is 13.3. The lowest BCUT2D eigenvalue weighted by atomic mass is 9.70. The van der Waals surface area contributed by atoms with Crippen LogP contribution in [0.1, 0.15) is 64.2 Å². The van der Waals surface area contributed by atoms with Gasteiger partial charge in [-0.15, -0.1) is 0 Å². The molecule has 15 heavy (non-hydrogen) atoms. The first-order valence-corrected chi connectivity index (χ1v) is 6.59. The summed E-state index contributed by atoms with van der Waals surface area (Å²) in [7, 11) is 1.67. The largest absolute Gasteiger partial charge is 0.240 e. The van der Waals surface area contributed by atoms with Crippen molar-refractivity contribution in [3.05, 3.63) is 0 Å². The van der Waals surface area contributed by atoms with E-state index < -0.39 is 0 Å². The molecule has 0 aromatic heterocycles. The molecule has 0 bridgehead atoms. The summed E-state index contributed by atoms with van der Waals surface area (Å²) in [6.45, 7) is 0. The van der Waals surface area contributed by atoms with Crippen LogP contribution in [-0.4, -0.2) is 12.7 Å². The SMILES string of the molecule is COOC1(C2CCCCC2)CCCCC1. The molecule has 0 radical (unpaired) electrons. The quantitative estimate of drug-likeness (QED) is 0.522. The van der Waals surface area contributed by atoms with Crippen LogP contribution in [0.15, 0.2) is 0 Å². The van der Waals surface area contributed by atoms with E-state index in [1.165, 1.54) is 64.2 Å². The van der Waals surface area contributed by atoms with Crippen molar-refractivity contribution in [3.8, 4) is 0 Å². The summed E-state index contributed by atoms with van der Waals surface area (Å²) >= 11 is 0. The summed E-state index contributed by atoms with van der Waals surface area (Å²) in [4.78, 5) is 10.7. The first kappa shape index (κ1) is 11.4. The van der Waals surface area contributed by atoms with Crippen molar-refractivity contribution in [1.29, 1.82) is 0 Å². The summed E-state index contributed by atoms with van der Waals surface area (Å²) in [5.41, 5.74) is 0.0768. The summed E-state index contributed by atoms with van der Waals surface area (Å²) in [5, 5.41) is 0. The van der Waals surface area contributed by atoms with Gasteiger partial charge in [0.2, 0.25) is 0 Å². The zero-order valence-electron chi connectivity index (χ0n) is 9.96. The zero-order valence-corrected chi connectivity index (χ0v) is 9.96. The summed E-state index contributed by atoms with van der Waals surface area (Å²) in [5.74, 6) is 0.756. The van der Waals surface area contributed by atoms with Crippen LogP contribution in [-0.2, 0) is 9.78 Å². The Hall–Kier alpha value is -0.0800. The van der Waals surface area contributed by atoms with E-state index in [9.17, 15) is 0 Å². The fourth-order valence-electron chi connectivity index (χ4n) is 3.50. The molecule has 0 amide bonds. The molecule has 0 unspecified atom stereocenters. The Bertz CT molecular complexity index is 173. The van der Waals surface area contributed by atoms with Crippen molar-refractivity contribution < 1.29 is 9.78 Å². The van der Waals surface area contributed by atoms with E-state index in [4.69, 9.17) is 9.78 Å². The molecule has 0 aromatic carbocycles. The first-order valence-electron chi connectivity index (χ1n) is 6.59. The molecule has 0 aromatic rings. The highest BCUT2D eigenvalue weighted by Crippen LogP contribution is 2.44. The van der Waals surface area contributed by atoms with Crippen LogP contribution in [0.3, 0.4) is 0 Å². The lowest BCUT2D eigenvalue weighted by molar-refractivity contribution is -0.366. The Labute approximate surface area is 93.3 Å². The summed E-state index contributed by atoms with van der Waals surface area (Å²) in [6, 6.07) is 0. The molecule has 2 heteroatoms. The Morgan fingerprint density at radius 3 is 2.07 bits per heavy atom. The lowest BCUT2D eigenvalue weighted by Gasteiger charge is -2.43. The zero-order chi connectivity index (χ0) is 10.6. The monoisotopic (exact) mass is 212 g/mol. The third-order valence-electron chi connectivity index (χ3n) is 4.30. The van der Waals surface area contributed by atoms with E-state index in [1.807, 2.05) is 0 Å². The molecule has 2 rings (SSSR count). The first-order chi connectivity index (χ1) is 7.37. The minimum atomic E-state index is 0.0768. The van der Waals surface area contributed by atoms with Gasteiger partial charge in [0.1, 0.15) is 5.60 Å². The number of rotatable bonds is 3. The minimum absolute atomic E-state index is 0.0768. The number of hydrogen-bond donors (Lipinski definition) is 0. The van der Waals surface area contributed by atoms with Gasteiger partial charge >= 0.3 is 0 Å². The minimum Gasteiger partial charge on any atom is -0.240 e. The van der Waals surface area contributed by atoms with E-state index in [-0.39, 0.29) is 5.60 Å². The maximum Gasteiger partial charge on any atom is 0.106 e. The van der Waals surface area contributed by atoms with Crippen LogP contribution >= 0.6 is 0 Å². The van der Waals surface area contributed by atoms with E-state index in [1.54, 1.807) is 7.11 Å². The van der Waals surface area contributed by atoms with E-state index in [0.29, 0.717) is 0 Å². The molecule has 0 saturated heterocycles. The molecule has 0 atom stereocenters. The summed E-state index contributed by atoms with van der Waals surface area (Å²) < 4.78 is 0. The van der Waals surface area contributed by atoms with Crippen LogP contribution in [0.2, 0.25) is 0 Å². The third-order valence-corrected chi connectivity index (χ3v) is 4.30. The molecule has 2 aliphatic rings. The maximum atomic E-state index is 5.71. The van der Waals surface area contributed by atoms with Gasteiger partial charge in [-0.2, -0.15) is 0 Å². The average molecular weight is 212 g/mol. The Morgan fingerprint density at radius 1 is 0.867 bits per heavy atom. The molecule has 2 aliphatic carbocycles. The molecule has 0 N–H and O–H groups in total. The second kappa shape index (κ2) is 5.31. The maximum absolute atomic E-state index is 5.71. The molecule has 2 nitrogen and oxygen atoms in total. The predicted octanol–water partition coefficient (Wildman–Crippen LogP) is 3.85. The lowest BCUT2D eigenvalue weighted by Crippen LogP contribution is -2.43. The van der Waals surface area contributed by atoms with Gasteiger partial charge < -0.3 is 0 Å². The highest BCUT2D eigenvalue weighted by Gasteiger charge is 2.42. The van der Waals surface area contributed by atoms with Crippen molar-refractivity contribution in [1.82, 2.24) is 0 Å². The van der Waals surface area contributed by atoms with E-state index >= 15 is 0 Å². The van der Waals surface area contributed by atoms with Crippen LogP contribution in [0.5, 0.6) is 0 Å². The molecule has 0 spiro atoms. The topological polar surface area (TPSA) is 18.5 Å². The van der Waals surface area contributed by atoms with Crippen molar-refractivity contribution in [2.45, 2.75) is 69.8 Å². The van der Waals surface area contributed by atoms with Gasteiger partial charge in [0.15, 0.2) is 0 Å². The van der Waals surface area contributed by atoms with Gasteiger partial charge in [-0.05, 0) is 31.6 Å². The number of hydrogen-bond acceptors (Lipinski definition) is 2. The highest BCUT2D eigenvalue weighted by molar-refractivity contribution is 4.91. The Balaban J connectivity index is 2.01. The Morgan fingerprint density at radius 2 is 1.47 bits per heavy atom. The highest BCUT2D eigenvalue weighted by atomic mass is 17.2. The molecular formula is C13H24O2. The third kappa shape index (κ3) is 2.54. The van der Waals surface area contributed by atoms with Crippen LogP contribution in [0, 0.1) is 5.92 Å². The molecule has 0 aliphatic heterocycles. The van der Waals surface area contributed by atoms with Crippen LogP contribution in [0.25, 0.3) is 0 Å². The molecule has 2 saturated carbocycles. The Kier molecular flexibility index (Phi) is 4.04. The van der Waals surface area contributed by atoms with Gasteiger partial charge in [0.25, 0.3) is 0 Å². The fraction of sp³-hybridized carbons (Fsp3) is 1.00. The van der Waals surface area contributed by atoms with Gasteiger partial charge in [0.05, 0.1) is 7.11 Å². The van der Waals surface area contributed by atoms with Crippen molar-refractivity contribution >= 4 is 0 Å². The molecule has 88 valence electrons. The fourth-order valence-corrected chi connectivity index (χ4v) is 3.50. The van der Waals surface area contributed by atoms with Crippen molar-refractivity contribution in [2.75, 3.05) is 7.11 Å². The second-order valence-electron chi connectivity index (χ2n) is 5.21. The van der Waals surface area contributed by atoms with Crippen molar-refractivity contribution in [2.24, 2.45) is 5.92 Å². The van der Waals surface area contributed by atoms with Crippen molar-refractivity contribution in [3.63, 3.8) is 0 Å². The van der Waals surface area contributed by atoms with E-state index in [2.05, 4.69) is 0 Å². The van der Waals surface area contributed by atoms with Crippen LogP contribution in [0.4, 0.5) is 0 Å². The van der Waals surface area contributed by atoms with E-state index in [0.717, 1.165) is 5.92 Å². The van der Waals surface area contributed by atoms with Crippen LogP contribution < -0.4 is 0 Å². The molecular weight excluding hydrogens is 188 g/mol.